The van der Waals surface area contributed by atoms with Crippen LogP contribution in [0.5, 0.6) is 0 Å². The van der Waals surface area contributed by atoms with Gasteiger partial charge in [-0.3, -0.25) is 14.5 Å². The monoisotopic (exact) mass is 351 g/mol. The molecule has 1 N–H and O–H groups in total. The molecule has 1 aliphatic rings. The summed E-state index contributed by atoms with van der Waals surface area (Å²) < 4.78 is 0. The molecular weight excluding hydrogens is 326 g/mol. The van der Waals surface area contributed by atoms with Crippen molar-refractivity contribution in [2.75, 3.05) is 26.2 Å². The number of rotatable bonds is 5. The average Bonchev–Trinajstić information content (AvgIpc) is 2.54. The quantitative estimate of drug-likeness (QED) is 0.884. The van der Waals surface area contributed by atoms with Crippen LogP contribution in [-0.2, 0) is 16.1 Å². The molecule has 132 valence electrons. The van der Waals surface area contributed by atoms with Gasteiger partial charge in [0.1, 0.15) is 6.04 Å². The van der Waals surface area contributed by atoms with E-state index in [1.165, 1.54) is 12.5 Å². The Balaban J connectivity index is 1.87. The highest BCUT2D eigenvalue weighted by Crippen LogP contribution is 2.14. The van der Waals surface area contributed by atoms with Gasteiger partial charge in [-0.15, -0.1) is 0 Å². The maximum absolute atomic E-state index is 12.7. The van der Waals surface area contributed by atoms with Crippen molar-refractivity contribution in [1.82, 2.24) is 15.1 Å². The highest BCUT2D eigenvalue weighted by Gasteiger charge is 2.29. The summed E-state index contributed by atoms with van der Waals surface area (Å²) in [7, 11) is 0. The van der Waals surface area contributed by atoms with Crippen molar-refractivity contribution < 1.29 is 9.59 Å². The van der Waals surface area contributed by atoms with Crippen LogP contribution >= 0.6 is 11.6 Å². The summed E-state index contributed by atoms with van der Waals surface area (Å²) in [6.45, 7) is 9.26. The summed E-state index contributed by atoms with van der Waals surface area (Å²) in [6, 6.07) is 7.43. The molecule has 1 heterocycles. The second-order valence-corrected chi connectivity index (χ2v) is 7.09. The molecule has 0 aromatic heterocycles. The first-order chi connectivity index (χ1) is 11.4. The number of hydrogen-bond acceptors (Lipinski definition) is 3. The first-order valence-electron chi connectivity index (χ1n) is 8.39. The zero-order valence-corrected chi connectivity index (χ0v) is 15.3. The lowest BCUT2D eigenvalue weighted by Crippen LogP contribution is -2.56. The van der Waals surface area contributed by atoms with E-state index in [2.05, 4.69) is 10.2 Å². The maximum atomic E-state index is 12.7. The van der Waals surface area contributed by atoms with Crippen LogP contribution in [0.25, 0.3) is 0 Å². The molecular formula is C18H26ClN3O2. The van der Waals surface area contributed by atoms with Crippen LogP contribution in [0.2, 0.25) is 5.02 Å². The summed E-state index contributed by atoms with van der Waals surface area (Å²) in [5.41, 5.74) is 1.22. The van der Waals surface area contributed by atoms with E-state index in [0.717, 1.165) is 24.7 Å². The molecule has 24 heavy (non-hydrogen) atoms. The number of amides is 2. The molecule has 2 rings (SSSR count). The average molecular weight is 352 g/mol. The summed E-state index contributed by atoms with van der Waals surface area (Å²) >= 11 is 5.91. The fourth-order valence-corrected chi connectivity index (χ4v) is 3.03. The summed E-state index contributed by atoms with van der Waals surface area (Å²) in [5, 5.41) is 3.52. The Morgan fingerprint density at radius 3 is 2.21 bits per heavy atom. The fourth-order valence-electron chi connectivity index (χ4n) is 2.90. The van der Waals surface area contributed by atoms with Crippen molar-refractivity contribution in [3.63, 3.8) is 0 Å². The standard InChI is InChI=1S/C18H26ClN3O2/c1-13(2)17(20-14(3)23)18(24)22-10-8-21(9-11-22)12-15-4-6-16(19)7-5-15/h4-7,13,17H,8-12H2,1-3H3,(H,20,23)/t17-/m0/s1. The lowest BCUT2D eigenvalue weighted by Gasteiger charge is -2.37. The zero-order chi connectivity index (χ0) is 17.7. The van der Waals surface area contributed by atoms with E-state index in [0.29, 0.717) is 13.1 Å². The number of halogens is 1. The number of hydrogen-bond donors (Lipinski definition) is 1. The third kappa shape index (κ3) is 5.21. The molecule has 0 unspecified atom stereocenters. The number of nitrogens with one attached hydrogen (secondary N) is 1. The minimum atomic E-state index is -0.440. The van der Waals surface area contributed by atoms with Gasteiger partial charge in [-0.25, -0.2) is 0 Å². The normalized spacial score (nSPS) is 17.0. The minimum Gasteiger partial charge on any atom is -0.344 e. The Morgan fingerprint density at radius 2 is 1.71 bits per heavy atom. The van der Waals surface area contributed by atoms with Crippen molar-refractivity contribution in [3.8, 4) is 0 Å². The highest BCUT2D eigenvalue weighted by molar-refractivity contribution is 6.30. The smallest absolute Gasteiger partial charge is 0.245 e. The second kappa shape index (κ2) is 8.49. The van der Waals surface area contributed by atoms with Gasteiger partial charge in [-0.2, -0.15) is 0 Å². The van der Waals surface area contributed by atoms with E-state index < -0.39 is 6.04 Å². The number of benzene rings is 1. The number of carbonyl (C=O) groups excluding carboxylic acids is 2. The third-order valence-corrected chi connectivity index (χ3v) is 4.55. The Hall–Kier alpha value is -1.59. The van der Waals surface area contributed by atoms with Crippen LogP contribution in [0.15, 0.2) is 24.3 Å². The summed E-state index contributed by atoms with van der Waals surface area (Å²) in [5.74, 6) is -0.0664. The van der Waals surface area contributed by atoms with E-state index in [1.54, 1.807) is 0 Å². The molecule has 0 saturated carbocycles. The zero-order valence-electron chi connectivity index (χ0n) is 14.6. The van der Waals surface area contributed by atoms with Gasteiger partial charge in [0.2, 0.25) is 11.8 Å². The molecule has 1 fully saturated rings. The number of piperazine rings is 1. The maximum Gasteiger partial charge on any atom is 0.245 e. The molecule has 0 spiro atoms. The van der Waals surface area contributed by atoms with Gasteiger partial charge in [-0.1, -0.05) is 37.6 Å². The second-order valence-electron chi connectivity index (χ2n) is 6.65. The predicted octanol–water partition coefficient (Wildman–Crippen LogP) is 2.14. The van der Waals surface area contributed by atoms with Crippen LogP contribution < -0.4 is 5.32 Å². The SMILES string of the molecule is CC(=O)N[C@H](C(=O)N1CCN(Cc2ccc(Cl)cc2)CC1)C(C)C. The van der Waals surface area contributed by atoms with Gasteiger partial charge < -0.3 is 10.2 Å². The van der Waals surface area contributed by atoms with Crippen LogP contribution in [-0.4, -0.2) is 53.8 Å². The van der Waals surface area contributed by atoms with Gasteiger partial charge in [0.05, 0.1) is 0 Å². The third-order valence-electron chi connectivity index (χ3n) is 4.29. The lowest BCUT2D eigenvalue weighted by molar-refractivity contribution is -0.138. The van der Waals surface area contributed by atoms with E-state index in [1.807, 2.05) is 43.0 Å². The lowest BCUT2D eigenvalue weighted by atomic mass is 10.0. The molecule has 1 atom stereocenters. The molecule has 5 nitrogen and oxygen atoms in total. The first kappa shape index (κ1) is 18.7. The largest absolute Gasteiger partial charge is 0.344 e. The molecule has 1 aromatic rings. The van der Waals surface area contributed by atoms with Crippen LogP contribution in [0, 0.1) is 5.92 Å². The van der Waals surface area contributed by atoms with Crippen molar-refractivity contribution in [2.45, 2.75) is 33.4 Å². The molecule has 0 aliphatic carbocycles. The molecule has 1 saturated heterocycles. The van der Waals surface area contributed by atoms with Crippen molar-refractivity contribution in [3.05, 3.63) is 34.9 Å². The van der Waals surface area contributed by atoms with E-state index in [4.69, 9.17) is 11.6 Å². The Bertz CT molecular complexity index is 566. The number of nitrogens with zero attached hydrogens (tertiary/aromatic N) is 2. The fraction of sp³-hybridized carbons (Fsp3) is 0.556. The van der Waals surface area contributed by atoms with Crippen LogP contribution in [0.4, 0.5) is 0 Å². The van der Waals surface area contributed by atoms with Crippen molar-refractivity contribution >= 4 is 23.4 Å². The van der Waals surface area contributed by atoms with Crippen molar-refractivity contribution in [1.29, 1.82) is 0 Å². The predicted molar refractivity (Wildman–Crippen MR) is 95.8 cm³/mol. The van der Waals surface area contributed by atoms with E-state index in [9.17, 15) is 9.59 Å². The van der Waals surface area contributed by atoms with Gasteiger partial charge in [0, 0.05) is 44.7 Å². The van der Waals surface area contributed by atoms with Crippen LogP contribution in [0.1, 0.15) is 26.3 Å². The van der Waals surface area contributed by atoms with Gasteiger partial charge in [-0.05, 0) is 23.6 Å². The van der Waals surface area contributed by atoms with Gasteiger partial charge in [0.15, 0.2) is 0 Å². The summed E-state index contributed by atoms with van der Waals surface area (Å²) in [6.07, 6.45) is 0. The van der Waals surface area contributed by atoms with Crippen LogP contribution in [0.3, 0.4) is 0 Å². The molecule has 1 aromatic carbocycles. The topological polar surface area (TPSA) is 52.7 Å². The molecule has 1 aliphatic heterocycles. The van der Waals surface area contributed by atoms with Gasteiger partial charge in [0.25, 0.3) is 0 Å². The van der Waals surface area contributed by atoms with E-state index >= 15 is 0 Å². The van der Waals surface area contributed by atoms with Crippen molar-refractivity contribution in [2.24, 2.45) is 5.92 Å². The van der Waals surface area contributed by atoms with Gasteiger partial charge >= 0.3 is 0 Å². The highest BCUT2D eigenvalue weighted by atomic mass is 35.5. The minimum absolute atomic E-state index is 0.0198. The number of carbonyl (C=O) groups is 2. The Labute approximate surface area is 149 Å². The molecule has 6 heteroatoms. The molecule has 0 bridgehead atoms. The molecule has 2 amide bonds. The Kier molecular flexibility index (Phi) is 6.63. The summed E-state index contributed by atoms with van der Waals surface area (Å²) in [4.78, 5) is 28.2. The van der Waals surface area contributed by atoms with E-state index in [-0.39, 0.29) is 17.7 Å². The molecule has 0 radical (unpaired) electrons. The first-order valence-corrected chi connectivity index (χ1v) is 8.77. The Morgan fingerprint density at radius 1 is 1.12 bits per heavy atom.